The molecule has 0 aliphatic carbocycles. The Morgan fingerprint density at radius 2 is 1.85 bits per heavy atom. The summed E-state index contributed by atoms with van der Waals surface area (Å²) in [5, 5.41) is 0.00458. The maximum atomic E-state index is 13.3. The smallest absolute Gasteiger partial charge is 0.264 e. The average Bonchev–Trinajstić information content (AvgIpc) is 2.36. The van der Waals surface area contributed by atoms with Crippen molar-refractivity contribution in [2.24, 2.45) is 0 Å². The number of para-hydroxylation sites is 1. The lowest BCUT2D eigenvalue weighted by molar-refractivity contribution is 0.597. The van der Waals surface area contributed by atoms with Gasteiger partial charge in [-0.25, -0.2) is 17.2 Å². The van der Waals surface area contributed by atoms with Crippen molar-refractivity contribution in [2.45, 2.75) is 4.90 Å². The van der Waals surface area contributed by atoms with Gasteiger partial charge in [-0.1, -0.05) is 17.7 Å². The molecule has 106 valence electrons. The molecule has 0 heterocycles. The van der Waals surface area contributed by atoms with Crippen molar-refractivity contribution in [1.82, 2.24) is 0 Å². The molecular weight excluding hydrogens is 310 g/mol. The molecule has 0 saturated carbocycles. The SMILES string of the molecule is Nc1c(F)cccc1S(=O)(=O)Nc1cc(F)ccc1Cl. The summed E-state index contributed by atoms with van der Waals surface area (Å²) in [7, 11) is -4.17. The van der Waals surface area contributed by atoms with Gasteiger partial charge in [-0.05, 0) is 30.3 Å². The molecule has 20 heavy (non-hydrogen) atoms. The Kier molecular flexibility index (Phi) is 3.82. The van der Waals surface area contributed by atoms with E-state index < -0.39 is 32.2 Å². The summed E-state index contributed by atoms with van der Waals surface area (Å²) in [6.07, 6.45) is 0. The molecule has 0 amide bonds. The number of hydrogen-bond acceptors (Lipinski definition) is 3. The lowest BCUT2D eigenvalue weighted by Gasteiger charge is -2.11. The van der Waals surface area contributed by atoms with Crippen molar-refractivity contribution >= 4 is 33.0 Å². The first-order valence-electron chi connectivity index (χ1n) is 5.33. The lowest BCUT2D eigenvalue weighted by atomic mass is 10.3. The molecule has 0 radical (unpaired) electrons. The molecule has 0 spiro atoms. The molecule has 0 aliphatic heterocycles. The van der Waals surface area contributed by atoms with Crippen molar-refractivity contribution in [1.29, 1.82) is 0 Å². The highest BCUT2D eigenvalue weighted by atomic mass is 35.5. The molecule has 0 aromatic heterocycles. The zero-order valence-corrected chi connectivity index (χ0v) is 11.5. The molecule has 0 unspecified atom stereocenters. The number of rotatable bonds is 3. The van der Waals surface area contributed by atoms with E-state index in [4.69, 9.17) is 17.3 Å². The second-order valence-corrected chi connectivity index (χ2v) is 5.94. The van der Waals surface area contributed by atoms with E-state index in [2.05, 4.69) is 4.72 Å². The van der Waals surface area contributed by atoms with E-state index in [0.717, 1.165) is 24.3 Å². The van der Waals surface area contributed by atoms with Crippen molar-refractivity contribution in [3.05, 3.63) is 53.1 Å². The Balaban J connectivity index is 2.46. The van der Waals surface area contributed by atoms with Gasteiger partial charge in [0.2, 0.25) is 0 Å². The van der Waals surface area contributed by atoms with Crippen LogP contribution in [-0.2, 0) is 10.0 Å². The number of benzene rings is 2. The van der Waals surface area contributed by atoms with Gasteiger partial charge in [0.1, 0.15) is 16.5 Å². The summed E-state index contributed by atoms with van der Waals surface area (Å²) in [6, 6.07) is 6.56. The van der Waals surface area contributed by atoms with E-state index in [1.54, 1.807) is 0 Å². The van der Waals surface area contributed by atoms with Crippen LogP contribution in [0.25, 0.3) is 0 Å². The van der Waals surface area contributed by atoms with Gasteiger partial charge in [0.25, 0.3) is 10.0 Å². The minimum Gasteiger partial charge on any atom is -0.395 e. The van der Waals surface area contributed by atoms with Gasteiger partial charge in [0, 0.05) is 0 Å². The van der Waals surface area contributed by atoms with Crippen molar-refractivity contribution < 1.29 is 17.2 Å². The van der Waals surface area contributed by atoms with Crippen LogP contribution in [0, 0.1) is 11.6 Å². The first-order valence-corrected chi connectivity index (χ1v) is 7.19. The van der Waals surface area contributed by atoms with Crippen LogP contribution in [0.1, 0.15) is 0 Å². The summed E-state index contributed by atoms with van der Waals surface area (Å²) in [5.41, 5.74) is 4.71. The first kappa shape index (κ1) is 14.5. The van der Waals surface area contributed by atoms with Crippen LogP contribution in [0.5, 0.6) is 0 Å². The van der Waals surface area contributed by atoms with Crippen LogP contribution < -0.4 is 10.5 Å². The van der Waals surface area contributed by atoms with Crippen LogP contribution in [0.3, 0.4) is 0 Å². The summed E-state index contributed by atoms with van der Waals surface area (Å²) < 4.78 is 52.6. The Hall–Kier alpha value is -1.86. The van der Waals surface area contributed by atoms with Crippen molar-refractivity contribution in [2.75, 3.05) is 10.5 Å². The van der Waals surface area contributed by atoms with Crippen LogP contribution in [0.15, 0.2) is 41.3 Å². The standard InChI is InChI=1S/C12H9ClF2N2O2S/c13-8-5-4-7(14)6-10(8)17-20(18,19)11-3-1-2-9(15)12(11)16/h1-6,17H,16H2. The molecule has 2 aromatic carbocycles. The maximum absolute atomic E-state index is 13.3. The molecule has 0 atom stereocenters. The van der Waals surface area contributed by atoms with Crippen LogP contribution in [-0.4, -0.2) is 8.42 Å². The zero-order chi connectivity index (χ0) is 14.9. The Labute approximate surface area is 119 Å². The van der Waals surface area contributed by atoms with Crippen LogP contribution in [0.4, 0.5) is 20.2 Å². The third-order valence-corrected chi connectivity index (χ3v) is 4.23. The molecule has 2 rings (SSSR count). The molecule has 2 aromatic rings. The number of nitrogens with two attached hydrogens (primary N) is 1. The van der Waals surface area contributed by atoms with Gasteiger partial charge < -0.3 is 5.73 Å². The molecular formula is C12H9ClF2N2O2S. The summed E-state index contributed by atoms with van der Waals surface area (Å²) in [4.78, 5) is -0.446. The van der Waals surface area contributed by atoms with E-state index in [9.17, 15) is 17.2 Å². The highest BCUT2D eigenvalue weighted by Crippen LogP contribution is 2.28. The highest BCUT2D eigenvalue weighted by molar-refractivity contribution is 7.92. The predicted molar refractivity (Wildman–Crippen MR) is 73.0 cm³/mol. The quantitative estimate of drug-likeness (QED) is 0.854. The van der Waals surface area contributed by atoms with Gasteiger partial charge in [0.15, 0.2) is 0 Å². The van der Waals surface area contributed by atoms with Gasteiger partial charge >= 0.3 is 0 Å². The normalized spacial score (nSPS) is 11.3. The number of halogens is 3. The number of anilines is 2. The monoisotopic (exact) mass is 318 g/mol. The summed E-state index contributed by atoms with van der Waals surface area (Å²) in [6.45, 7) is 0. The minimum absolute atomic E-state index is 0.00458. The minimum atomic E-state index is -4.17. The highest BCUT2D eigenvalue weighted by Gasteiger charge is 2.20. The largest absolute Gasteiger partial charge is 0.395 e. The zero-order valence-electron chi connectivity index (χ0n) is 9.90. The second-order valence-electron chi connectivity index (χ2n) is 3.88. The topological polar surface area (TPSA) is 72.2 Å². The van der Waals surface area contributed by atoms with E-state index in [1.807, 2.05) is 0 Å². The van der Waals surface area contributed by atoms with Crippen molar-refractivity contribution in [3.8, 4) is 0 Å². The molecule has 0 bridgehead atoms. The number of nitrogens with one attached hydrogen (secondary N) is 1. The Morgan fingerprint density at radius 3 is 2.55 bits per heavy atom. The molecule has 0 aliphatic rings. The third-order valence-electron chi connectivity index (χ3n) is 2.48. The summed E-state index contributed by atoms with van der Waals surface area (Å²) >= 11 is 5.76. The number of hydrogen-bond donors (Lipinski definition) is 2. The number of sulfonamides is 1. The van der Waals surface area contributed by atoms with Gasteiger partial charge in [-0.3, -0.25) is 4.72 Å². The van der Waals surface area contributed by atoms with Gasteiger partial charge in [-0.15, -0.1) is 0 Å². The van der Waals surface area contributed by atoms with Crippen LogP contribution in [0.2, 0.25) is 5.02 Å². The molecule has 0 saturated heterocycles. The summed E-state index contributed by atoms with van der Waals surface area (Å²) in [5.74, 6) is -1.53. The predicted octanol–water partition coefficient (Wildman–Crippen LogP) is 3.00. The second kappa shape index (κ2) is 5.26. The Morgan fingerprint density at radius 1 is 1.15 bits per heavy atom. The molecule has 0 fully saturated rings. The number of nitrogen functional groups attached to an aromatic ring is 1. The third kappa shape index (κ3) is 2.83. The fourth-order valence-corrected chi connectivity index (χ4v) is 2.96. The van der Waals surface area contributed by atoms with E-state index in [-0.39, 0.29) is 10.7 Å². The maximum Gasteiger partial charge on any atom is 0.264 e. The molecule has 8 heteroatoms. The van der Waals surface area contributed by atoms with Gasteiger partial charge in [-0.2, -0.15) is 0 Å². The fourth-order valence-electron chi connectivity index (χ4n) is 1.53. The molecule has 4 nitrogen and oxygen atoms in total. The average molecular weight is 319 g/mol. The van der Waals surface area contributed by atoms with Gasteiger partial charge in [0.05, 0.1) is 16.4 Å². The van der Waals surface area contributed by atoms with E-state index >= 15 is 0 Å². The lowest BCUT2D eigenvalue weighted by Crippen LogP contribution is -2.15. The molecule has 3 N–H and O–H groups in total. The first-order chi connectivity index (χ1) is 9.31. The van der Waals surface area contributed by atoms with E-state index in [0.29, 0.717) is 0 Å². The van der Waals surface area contributed by atoms with Crippen LogP contribution >= 0.6 is 11.6 Å². The van der Waals surface area contributed by atoms with Crippen molar-refractivity contribution in [3.63, 3.8) is 0 Å². The fraction of sp³-hybridized carbons (Fsp3) is 0. The Bertz CT molecular complexity index is 766. The van der Waals surface area contributed by atoms with E-state index in [1.165, 1.54) is 12.1 Å².